The first kappa shape index (κ1) is 23.0. The maximum atomic E-state index is 13.4. The zero-order valence-corrected chi connectivity index (χ0v) is 19.8. The summed E-state index contributed by atoms with van der Waals surface area (Å²) in [5.41, 5.74) is 1.03. The summed E-state index contributed by atoms with van der Waals surface area (Å²) >= 11 is 0.777. The van der Waals surface area contributed by atoms with E-state index in [4.69, 9.17) is 4.98 Å². The Kier molecular flexibility index (Phi) is 5.97. The molecule has 0 radical (unpaired) electrons. The van der Waals surface area contributed by atoms with Crippen molar-refractivity contribution < 1.29 is 14.1 Å². The van der Waals surface area contributed by atoms with Crippen molar-refractivity contribution in [1.29, 1.82) is 0 Å². The number of aromatic nitrogens is 5. The van der Waals surface area contributed by atoms with Crippen molar-refractivity contribution in [3.05, 3.63) is 57.6 Å². The predicted molar refractivity (Wildman–Crippen MR) is 129 cm³/mol. The van der Waals surface area contributed by atoms with Crippen molar-refractivity contribution in [2.75, 3.05) is 5.32 Å². The average molecular weight is 496 g/mol. The Morgan fingerprint density at radius 2 is 1.91 bits per heavy atom. The normalized spacial score (nSPS) is 20.1. The summed E-state index contributed by atoms with van der Waals surface area (Å²) in [6, 6.07) is 5.56. The fourth-order valence-electron chi connectivity index (χ4n) is 4.75. The smallest absolute Gasteiger partial charge is 0.305 e. The van der Waals surface area contributed by atoms with Crippen molar-refractivity contribution in [1.82, 2.24) is 24.7 Å². The topological polar surface area (TPSA) is 129 Å². The third-order valence-corrected chi connectivity index (χ3v) is 7.20. The molecule has 1 aliphatic rings. The van der Waals surface area contributed by atoms with Gasteiger partial charge < -0.3 is 5.32 Å². The number of pyridine rings is 1. The molecule has 0 spiro atoms. The van der Waals surface area contributed by atoms with Gasteiger partial charge in [-0.25, -0.2) is 19.6 Å². The monoisotopic (exact) mass is 495 g/mol. The lowest BCUT2D eigenvalue weighted by atomic mass is 9.80. The largest absolute Gasteiger partial charge is 0.324 e. The molecule has 180 valence electrons. The van der Waals surface area contributed by atoms with Gasteiger partial charge in [0.1, 0.15) is 5.82 Å². The van der Waals surface area contributed by atoms with Crippen molar-refractivity contribution >= 4 is 39.1 Å². The van der Waals surface area contributed by atoms with E-state index in [9.17, 15) is 19.3 Å². The molecular weight excluding hydrogens is 473 g/mol. The van der Waals surface area contributed by atoms with E-state index in [1.165, 1.54) is 30.5 Å². The fourth-order valence-corrected chi connectivity index (χ4v) is 5.46. The van der Waals surface area contributed by atoms with Gasteiger partial charge >= 0.3 is 5.00 Å². The number of hydrogen-bond donors (Lipinski definition) is 1. The Morgan fingerprint density at radius 3 is 2.57 bits per heavy atom. The number of carbonyl (C=O) groups is 1. The van der Waals surface area contributed by atoms with E-state index in [0.29, 0.717) is 28.4 Å². The van der Waals surface area contributed by atoms with Crippen molar-refractivity contribution in [3.8, 4) is 11.4 Å². The van der Waals surface area contributed by atoms with Gasteiger partial charge in [0.15, 0.2) is 11.5 Å². The number of fused-ring (bicyclic) bond motifs is 1. The van der Waals surface area contributed by atoms with Crippen molar-refractivity contribution in [3.63, 3.8) is 0 Å². The average Bonchev–Trinajstić information content (AvgIpc) is 3.47. The number of carbonyl (C=O) groups excluding carboxylic acids is 1. The molecule has 4 heterocycles. The van der Waals surface area contributed by atoms with E-state index in [2.05, 4.69) is 34.2 Å². The molecule has 1 N–H and O–H groups in total. The van der Waals surface area contributed by atoms with Crippen LogP contribution in [0.2, 0.25) is 0 Å². The van der Waals surface area contributed by atoms with Gasteiger partial charge in [-0.2, -0.15) is 9.49 Å². The zero-order chi connectivity index (χ0) is 24.7. The summed E-state index contributed by atoms with van der Waals surface area (Å²) in [4.78, 5) is 36.5. The Hall–Kier alpha value is -3.80. The van der Waals surface area contributed by atoms with E-state index < -0.39 is 16.8 Å². The second-order valence-electron chi connectivity index (χ2n) is 9.01. The molecule has 12 heteroatoms. The Bertz CT molecular complexity index is 1410. The maximum Gasteiger partial charge on any atom is 0.324 e. The van der Waals surface area contributed by atoms with E-state index in [0.717, 1.165) is 30.6 Å². The first-order chi connectivity index (χ1) is 16.8. The van der Waals surface area contributed by atoms with Crippen LogP contribution < -0.4 is 5.32 Å². The Morgan fingerprint density at radius 1 is 1.14 bits per heavy atom. The number of amides is 1. The number of rotatable bonds is 5. The van der Waals surface area contributed by atoms with Crippen LogP contribution in [0.25, 0.3) is 22.4 Å². The predicted octanol–water partition coefficient (Wildman–Crippen LogP) is 5.25. The van der Waals surface area contributed by atoms with Crippen LogP contribution in [0.3, 0.4) is 0 Å². The van der Waals surface area contributed by atoms with E-state index in [-0.39, 0.29) is 27.6 Å². The van der Waals surface area contributed by atoms with Crippen LogP contribution in [0.4, 0.5) is 15.2 Å². The fraction of sp³-hybridized carbons (Fsp3) is 0.348. The van der Waals surface area contributed by atoms with Crippen LogP contribution in [-0.2, 0) is 0 Å². The van der Waals surface area contributed by atoms with Gasteiger partial charge in [0.25, 0.3) is 5.91 Å². The maximum absolute atomic E-state index is 13.4. The molecule has 5 rings (SSSR count). The van der Waals surface area contributed by atoms with Gasteiger partial charge in [-0.1, -0.05) is 25.2 Å². The summed E-state index contributed by atoms with van der Waals surface area (Å²) in [6.07, 6.45) is 6.03. The molecule has 1 aliphatic carbocycles. The molecule has 10 nitrogen and oxygen atoms in total. The third-order valence-electron chi connectivity index (χ3n) is 6.17. The molecule has 1 fully saturated rings. The molecule has 4 aromatic rings. The molecular formula is C23H22FN7O3S. The van der Waals surface area contributed by atoms with E-state index in [1.54, 1.807) is 6.20 Å². The molecule has 35 heavy (non-hydrogen) atoms. The minimum absolute atomic E-state index is 0.130. The van der Waals surface area contributed by atoms with Crippen LogP contribution in [-0.4, -0.2) is 35.6 Å². The van der Waals surface area contributed by atoms with Crippen LogP contribution in [0.1, 0.15) is 48.8 Å². The van der Waals surface area contributed by atoms with Crippen LogP contribution in [0.15, 0.2) is 36.7 Å². The second kappa shape index (κ2) is 9.10. The summed E-state index contributed by atoms with van der Waals surface area (Å²) in [6.45, 7) is 4.45. The molecule has 0 aliphatic heterocycles. The second-order valence-corrected chi connectivity index (χ2v) is 10.1. The number of anilines is 1. The molecule has 1 amide bonds. The summed E-state index contributed by atoms with van der Waals surface area (Å²) < 4.78 is 15.3. The lowest BCUT2D eigenvalue weighted by Gasteiger charge is -2.31. The number of hydrogen-bond acceptors (Lipinski definition) is 8. The van der Waals surface area contributed by atoms with Crippen molar-refractivity contribution in [2.24, 2.45) is 11.8 Å². The van der Waals surface area contributed by atoms with Gasteiger partial charge in [0, 0.05) is 17.8 Å². The molecule has 0 bridgehead atoms. The zero-order valence-electron chi connectivity index (χ0n) is 19.0. The highest BCUT2D eigenvalue weighted by Gasteiger charge is 2.28. The van der Waals surface area contributed by atoms with Gasteiger partial charge in [-0.3, -0.25) is 14.9 Å². The van der Waals surface area contributed by atoms with E-state index >= 15 is 0 Å². The molecule has 0 saturated heterocycles. The number of nitrogens with one attached hydrogen (secondary N) is 1. The number of halogens is 1. The van der Waals surface area contributed by atoms with Crippen LogP contribution >= 0.6 is 11.3 Å². The minimum Gasteiger partial charge on any atom is -0.305 e. The highest BCUT2D eigenvalue weighted by Crippen LogP contribution is 2.38. The SMILES string of the molecule is CC1CC(C)CC(n2ncc3c(NC(=O)c4ccc([N+](=O)[O-])s4)nc(-c4ccc(F)nc4)nc32)C1. The first-order valence-corrected chi connectivity index (χ1v) is 12.0. The van der Waals surface area contributed by atoms with Gasteiger partial charge in [0.2, 0.25) is 5.95 Å². The van der Waals surface area contributed by atoms with E-state index in [1.807, 2.05) is 4.68 Å². The molecule has 1 saturated carbocycles. The van der Waals surface area contributed by atoms with Gasteiger partial charge in [0.05, 0.1) is 27.4 Å². The number of nitrogens with zero attached hydrogens (tertiary/aromatic N) is 6. The molecule has 2 unspecified atom stereocenters. The van der Waals surface area contributed by atoms with Gasteiger partial charge in [-0.05, 0) is 49.3 Å². The lowest BCUT2D eigenvalue weighted by Crippen LogP contribution is -2.23. The third kappa shape index (κ3) is 4.61. The summed E-state index contributed by atoms with van der Waals surface area (Å²) in [5, 5.41) is 18.8. The molecule has 2 atom stereocenters. The Balaban J connectivity index is 1.58. The highest BCUT2D eigenvalue weighted by molar-refractivity contribution is 7.17. The van der Waals surface area contributed by atoms with Crippen molar-refractivity contribution in [2.45, 2.75) is 39.2 Å². The quantitative estimate of drug-likeness (QED) is 0.227. The molecule has 4 aromatic heterocycles. The lowest BCUT2D eigenvalue weighted by molar-refractivity contribution is -0.380. The first-order valence-electron chi connectivity index (χ1n) is 11.2. The number of thiophene rings is 1. The standard InChI is InChI=1S/C23H22FN7O3S/c1-12-7-13(2)9-15(8-12)30-22-16(11-26-30)21(27-20(28-22)14-3-5-18(24)25-10-14)29-23(32)17-4-6-19(35-17)31(33)34/h3-6,10-13,15H,7-9H2,1-2H3,(H,27,28,29,32). The minimum atomic E-state index is -0.627. The Labute approximate surface area is 203 Å². The molecule has 0 aromatic carbocycles. The van der Waals surface area contributed by atoms with Gasteiger partial charge in [-0.15, -0.1) is 0 Å². The number of nitro groups is 1. The summed E-state index contributed by atoms with van der Waals surface area (Å²) in [7, 11) is 0. The van der Waals surface area contributed by atoms with Crippen LogP contribution in [0.5, 0.6) is 0 Å². The highest BCUT2D eigenvalue weighted by atomic mass is 32.1. The summed E-state index contributed by atoms with van der Waals surface area (Å²) in [5.74, 6) is 0.408. The van der Waals surface area contributed by atoms with Crippen LogP contribution in [0, 0.1) is 27.9 Å².